The zero-order chi connectivity index (χ0) is 27.6. The summed E-state index contributed by atoms with van der Waals surface area (Å²) in [6.07, 6.45) is 6.71. The maximum atomic E-state index is 5.29. The van der Waals surface area contributed by atoms with E-state index in [4.69, 9.17) is 9.97 Å². The fourth-order valence-corrected chi connectivity index (χ4v) is 7.42. The number of benzene rings is 5. The van der Waals surface area contributed by atoms with Gasteiger partial charge in [0.25, 0.3) is 0 Å². The minimum absolute atomic E-state index is 0.699. The van der Waals surface area contributed by atoms with Crippen LogP contribution in [0.1, 0.15) is 17.5 Å². The van der Waals surface area contributed by atoms with Crippen LogP contribution in [0.25, 0.3) is 77.9 Å². The number of nitrogens with zero attached hydrogens (tertiary/aromatic N) is 3. The van der Waals surface area contributed by atoms with E-state index in [1.807, 2.05) is 0 Å². The van der Waals surface area contributed by atoms with Gasteiger partial charge in [-0.15, -0.1) is 11.3 Å². The van der Waals surface area contributed by atoms with Gasteiger partial charge in [0.1, 0.15) is 0 Å². The van der Waals surface area contributed by atoms with Crippen molar-refractivity contribution in [2.24, 2.45) is 0 Å². The van der Waals surface area contributed by atoms with E-state index in [0.29, 0.717) is 5.95 Å². The van der Waals surface area contributed by atoms with Crippen molar-refractivity contribution < 1.29 is 0 Å². The Balaban J connectivity index is 1.24. The molecule has 3 nitrogen and oxygen atoms in total. The average molecular weight is 556 g/mol. The van der Waals surface area contributed by atoms with Crippen molar-refractivity contribution in [3.63, 3.8) is 0 Å². The highest BCUT2D eigenvalue weighted by Gasteiger charge is 2.19. The Labute approximate surface area is 247 Å². The third-order valence-corrected chi connectivity index (χ3v) is 9.36. The number of aromatic nitrogens is 3. The van der Waals surface area contributed by atoms with E-state index in [2.05, 4.69) is 131 Å². The van der Waals surface area contributed by atoms with Gasteiger partial charge in [-0.1, -0.05) is 103 Å². The first-order valence-corrected chi connectivity index (χ1v) is 15.3. The molecule has 0 unspecified atom stereocenters. The number of hydrogen-bond acceptors (Lipinski definition) is 3. The summed E-state index contributed by atoms with van der Waals surface area (Å²) < 4.78 is 2.23. The van der Waals surface area contributed by atoms with Crippen molar-refractivity contribution in [1.29, 1.82) is 0 Å². The Morgan fingerprint density at radius 1 is 0.643 bits per heavy atom. The second-order valence-electron chi connectivity index (χ2n) is 11.0. The summed E-state index contributed by atoms with van der Waals surface area (Å²) in [6.45, 7) is 0. The van der Waals surface area contributed by atoms with E-state index < -0.39 is 0 Å². The lowest BCUT2D eigenvalue weighted by molar-refractivity contribution is 0.988. The number of thiophene rings is 1. The lowest BCUT2D eigenvalue weighted by Gasteiger charge is -2.16. The Morgan fingerprint density at radius 3 is 2.40 bits per heavy atom. The topological polar surface area (TPSA) is 30.7 Å². The van der Waals surface area contributed by atoms with Crippen LogP contribution in [-0.2, 0) is 6.42 Å². The molecule has 3 aromatic heterocycles. The first-order valence-electron chi connectivity index (χ1n) is 14.4. The first-order chi connectivity index (χ1) is 20.8. The summed E-state index contributed by atoms with van der Waals surface area (Å²) in [4.78, 5) is 10.4. The van der Waals surface area contributed by atoms with Gasteiger partial charge in [0.2, 0.25) is 5.95 Å². The number of para-hydroxylation sites is 1. The highest BCUT2D eigenvalue weighted by molar-refractivity contribution is 7.09. The van der Waals surface area contributed by atoms with Gasteiger partial charge in [0.05, 0.1) is 22.2 Å². The predicted octanol–water partition coefficient (Wildman–Crippen LogP) is 10.2. The van der Waals surface area contributed by atoms with Gasteiger partial charge in [0.15, 0.2) is 0 Å². The zero-order valence-electron chi connectivity index (χ0n) is 22.8. The fourth-order valence-electron chi connectivity index (χ4n) is 6.68. The highest BCUT2D eigenvalue weighted by atomic mass is 32.1. The Morgan fingerprint density at radius 2 is 1.48 bits per heavy atom. The van der Waals surface area contributed by atoms with Gasteiger partial charge in [-0.05, 0) is 58.0 Å². The second-order valence-corrected chi connectivity index (χ2v) is 11.7. The molecule has 0 radical (unpaired) electrons. The van der Waals surface area contributed by atoms with Crippen molar-refractivity contribution in [2.75, 3.05) is 0 Å². The lowest BCUT2D eigenvalue weighted by Crippen LogP contribution is -2.02. The molecule has 1 aliphatic rings. The molecule has 0 atom stereocenters. The van der Waals surface area contributed by atoms with E-state index in [1.165, 1.54) is 43.8 Å². The quantitative estimate of drug-likeness (QED) is 0.217. The molecule has 3 heterocycles. The molecule has 0 saturated carbocycles. The van der Waals surface area contributed by atoms with Crippen LogP contribution in [0.5, 0.6) is 0 Å². The molecule has 198 valence electrons. The summed E-state index contributed by atoms with van der Waals surface area (Å²) >= 11 is 1.67. The largest absolute Gasteiger partial charge is 0.278 e. The zero-order valence-corrected chi connectivity index (χ0v) is 23.6. The molecule has 0 bridgehead atoms. The maximum absolute atomic E-state index is 5.29. The lowest BCUT2D eigenvalue weighted by atomic mass is 9.89. The Hall–Kier alpha value is -5.06. The summed E-state index contributed by atoms with van der Waals surface area (Å²) in [5.74, 6) is 0.699. The standard InChI is InChI=1S/C38H25N3S/c1-3-11-28-24(8-1)10-7-14-29(28)26-16-18-27(19-17-26)37-32-22-42-23-33(32)39-38(40-37)41-34-15-6-5-13-31(34)36-30-12-4-2-9-25(30)20-21-35(36)41/h1-2,4-10,12-23H,3,11H2. The monoisotopic (exact) mass is 555 g/mol. The molecule has 0 spiro atoms. The number of allylic oxidation sites excluding steroid dienone is 1. The maximum Gasteiger partial charge on any atom is 0.235 e. The van der Waals surface area contributed by atoms with Crippen LogP contribution in [0, 0.1) is 0 Å². The van der Waals surface area contributed by atoms with Gasteiger partial charge < -0.3 is 0 Å². The SMILES string of the molecule is C1=Cc2cccc(-c3ccc(-c4nc(-n5c6ccccc6c6c7ccccc7ccc65)nc5cscc45)cc3)c2CC1. The van der Waals surface area contributed by atoms with Crippen molar-refractivity contribution in [3.05, 3.63) is 131 Å². The minimum Gasteiger partial charge on any atom is -0.278 e. The summed E-state index contributed by atoms with van der Waals surface area (Å²) in [5, 5.41) is 10.3. The number of fused-ring (bicyclic) bond motifs is 7. The Bertz CT molecular complexity index is 2360. The van der Waals surface area contributed by atoms with Crippen molar-refractivity contribution in [1.82, 2.24) is 14.5 Å². The molecule has 0 N–H and O–H groups in total. The minimum atomic E-state index is 0.699. The average Bonchev–Trinajstić information content (AvgIpc) is 3.67. The van der Waals surface area contributed by atoms with Gasteiger partial charge in [-0.3, -0.25) is 4.57 Å². The summed E-state index contributed by atoms with van der Waals surface area (Å²) in [6, 6.07) is 37.2. The predicted molar refractivity (Wildman–Crippen MR) is 177 cm³/mol. The molecule has 9 rings (SSSR count). The van der Waals surface area contributed by atoms with Crippen LogP contribution in [0.2, 0.25) is 0 Å². The first kappa shape index (κ1) is 23.6. The van der Waals surface area contributed by atoms with Crippen LogP contribution in [0.4, 0.5) is 0 Å². The van der Waals surface area contributed by atoms with E-state index >= 15 is 0 Å². The van der Waals surface area contributed by atoms with E-state index in [9.17, 15) is 0 Å². The molecule has 1 aliphatic carbocycles. The van der Waals surface area contributed by atoms with Crippen LogP contribution in [-0.4, -0.2) is 14.5 Å². The smallest absolute Gasteiger partial charge is 0.235 e. The second kappa shape index (κ2) is 9.23. The molecule has 8 aromatic rings. The summed E-state index contributed by atoms with van der Waals surface area (Å²) in [5.41, 5.74) is 10.6. The third-order valence-electron chi connectivity index (χ3n) is 8.63. The van der Waals surface area contributed by atoms with Crippen LogP contribution >= 0.6 is 11.3 Å². The van der Waals surface area contributed by atoms with Crippen molar-refractivity contribution >= 4 is 60.9 Å². The van der Waals surface area contributed by atoms with Crippen LogP contribution in [0.15, 0.2) is 120 Å². The molecule has 5 aromatic carbocycles. The fraction of sp³-hybridized carbons (Fsp3) is 0.0526. The molecule has 0 saturated heterocycles. The Kier molecular flexibility index (Phi) is 5.19. The molecule has 42 heavy (non-hydrogen) atoms. The molecular formula is C38H25N3S. The van der Waals surface area contributed by atoms with Gasteiger partial charge >= 0.3 is 0 Å². The van der Waals surface area contributed by atoms with E-state index in [-0.39, 0.29) is 0 Å². The summed E-state index contributed by atoms with van der Waals surface area (Å²) in [7, 11) is 0. The molecule has 0 amide bonds. The normalized spacial score (nSPS) is 13.0. The van der Waals surface area contributed by atoms with Gasteiger partial charge in [-0.2, -0.15) is 0 Å². The van der Waals surface area contributed by atoms with E-state index in [1.54, 1.807) is 11.3 Å². The number of rotatable bonds is 3. The molecule has 4 heteroatoms. The van der Waals surface area contributed by atoms with Crippen LogP contribution in [0.3, 0.4) is 0 Å². The van der Waals surface area contributed by atoms with Crippen LogP contribution < -0.4 is 0 Å². The van der Waals surface area contributed by atoms with Gasteiger partial charge in [0, 0.05) is 32.5 Å². The highest BCUT2D eigenvalue weighted by Crippen LogP contribution is 2.38. The number of hydrogen-bond donors (Lipinski definition) is 0. The molecule has 0 fully saturated rings. The van der Waals surface area contributed by atoms with Crippen molar-refractivity contribution in [2.45, 2.75) is 12.8 Å². The molecular weight excluding hydrogens is 531 g/mol. The van der Waals surface area contributed by atoms with Crippen molar-refractivity contribution in [3.8, 4) is 28.3 Å². The van der Waals surface area contributed by atoms with Gasteiger partial charge in [-0.25, -0.2) is 9.97 Å². The third kappa shape index (κ3) is 3.52. The molecule has 0 aliphatic heterocycles. The van der Waals surface area contributed by atoms with E-state index in [0.717, 1.165) is 46.0 Å².